The van der Waals surface area contributed by atoms with E-state index in [1.54, 1.807) is 0 Å². The first-order valence-electron chi connectivity index (χ1n) is 7.88. The maximum Gasteiger partial charge on any atom is 0.147 e. The van der Waals surface area contributed by atoms with Crippen molar-refractivity contribution in [2.24, 2.45) is 0 Å². The van der Waals surface area contributed by atoms with Crippen LogP contribution in [0.15, 0.2) is 18.2 Å². The summed E-state index contributed by atoms with van der Waals surface area (Å²) in [6.45, 7) is 3.91. The van der Waals surface area contributed by atoms with Crippen molar-refractivity contribution in [1.82, 2.24) is 19.7 Å². The van der Waals surface area contributed by atoms with Gasteiger partial charge in [0.2, 0.25) is 0 Å². The number of benzene rings is 1. The Morgan fingerprint density at radius 3 is 2.74 bits per heavy atom. The minimum Gasteiger partial charge on any atom is -0.380 e. The van der Waals surface area contributed by atoms with Crippen molar-refractivity contribution in [2.45, 2.75) is 32.0 Å². The maximum atomic E-state index is 13.8. The second kappa shape index (κ2) is 5.98. The van der Waals surface area contributed by atoms with Crippen molar-refractivity contribution in [3.8, 4) is 0 Å². The van der Waals surface area contributed by atoms with Crippen LogP contribution in [0.2, 0.25) is 0 Å². The molecule has 1 aromatic carbocycles. The van der Waals surface area contributed by atoms with Gasteiger partial charge in [-0.1, -0.05) is 6.07 Å². The summed E-state index contributed by atoms with van der Waals surface area (Å²) in [6, 6.07) is 4.35. The number of nitrogens with zero attached hydrogens (tertiary/aromatic N) is 4. The highest BCUT2D eigenvalue weighted by Crippen LogP contribution is 2.22. The number of hydrogen-bond acceptors (Lipinski definition) is 4. The molecule has 1 aromatic heterocycles. The smallest absolute Gasteiger partial charge is 0.147 e. The van der Waals surface area contributed by atoms with Crippen LogP contribution in [-0.2, 0) is 24.2 Å². The molecule has 3 heterocycles. The van der Waals surface area contributed by atoms with Crippen molar-refractivity contribution >= 4 is 0 Å². The monoisotopic (exact) mass is 320 g/mol. The van der Waals surface area contributed by atoms with Gasteiger partial charge < -0.3 is 9.30 Å². The molecule has 23 heavy (non-hydrogen) atoms. The van der Waals surface area contributed by atoms with Crippen molar-refractivity contribution in [3.05, 3.63) is 47.0 Å². The molecule has 2 aliphatic rings. The molecule has 1 atom stereocenters. The molecular weight excluding hydrogens is 302 g/mol. The summed E-state index contributed by atoms with van der Waals surface area (Å²) in [5.74, 6) is 0.395. The molecule has 1 saturated heterocycles. The fourth-order valence-corrected chi connectivity index (χ4v) is 3.35. The highest BCUT2D eigenvalue weighted by Gasteiger charge is 2.29. The van der Waals surface area contributed by atoms with E-state index in [2.05, 4.69) is 15.1 Å². The van der Waals surface area contributed by atoms with Gasteiger partial charge >= 0.3 is 0 Å². The number of halogens is 2. The first-order chi connectivity index (χ1) is 11.2. The molecule has 1 unspecified atom stereocenters. The fourth-order valence-electron chi connectivity index (χ4n) is 3.35. The Morgan fingerprint density at radius 2 is 2.00 bits per heavy atom. The van der Waals surface area contributed by atoms with Gasteiger partial charge in [0.25, 0.3) is 0 Å². The van der Waals surface area contributed by atoms with Crippen LogP contribution in [0, 0.1) is 11.6 Å². The highest BCUT2D eigenvalue weighted by molar-refractivity contribution is 5.23. The quantitative estimate of drug-likeness (QED) is 0.864. The van der Waals surface area contributed by atoms with Gasteiger partial charge in [-0.3, -0.25) is 4.90 Å². The number of ether oxygens (including phenoxy) is 1. The summed E-state index contributed by atoms with van der Waals surface area (Å²) in [5, 5.41) is 8.38. The predicted molar refractivity (Wildman–Crippen MR) is 78.8 cm³/mol. The molecule has 0 saturated carbocycles. The zero-order valence-corrected chi connectivity index (χ0v) is 12.7. The van der Waals surface area contributed by atoms with Gasteiger partial charge in [-0.25, -0.2) is 8.78 Å². The minimum atomic E-state index is -0.539. The summed E-state index contributed by atoms with van der Waals surface area (Å²) in [5.41, 5.74) is 0.0503. The Morgan fingerprint density at radius 1 is 1.17 bits per heavy atom. The van der Waals surface area contributed by atoms with E-state index in [4.69, 9.17) is 4.74 Å². The molecule has 2 aliphatic heterocycles. The number of fused-ring (bicyclic) bond motifs is 1. The fraction of sp³-hybridized carbons (Fsp3) is 0.500. The molecule has 122 valence electrons. The van der Waals surface area contributed by atoms with E-state index in [1.165, 1.54) is 18.2 Å². The zero-order valence-electron chi connectivity index (χ0n) is 12.7. The standard InChI is InChI=1S/C16H18F2N4O/c17-13-2-1-3-14(18)12(13)8-15-19-20-16-9-21(5-6-22(15)16)11-4-7-23-10-11/h1-3,11H,4-10H2. The maximum absolute atomic E-state index is 13.8. The summed E-state index contributed by atoms with van der Waals surface area (Å²) < 4.78 is 35.1. The van der Waals surface area contributed by atoms with Crippen LogP contribution in [-0.4, -0.2) is 45.5 Å². The molecule has 0 N–H and O–H groups in total. The van der Waals surface area contributed by atoms with E-state index in [0.717, 1.165) is 38.5 Å². The summed E-state index contributed by atoms with van der Waals surface area (Å²) >= 11 is 0. The van der Waals surface area contributed by atoms with Crippen LogP contribution in [0.25, 0.3) is 0 Å². The summed E-state index contributed by atoms with van der Waals surface area (Å²) in [7, 11) is 0. The van der Waals surface area contributed by atoms with Crippen molar-refractivity contribution in [3.63, 3.8) is 0 Å². The van der Waals surface area contributed by atoms with Gasteiger partial charge in [0.05, 0.1) is 13.2 Å². The largest absolute Gasteiger partial charge is 0.380 e. The molecule has 0 bridgehead atoms. The molecule has 4 rings (SSSR count). The Balaban J connectivity index is 1.55. The predicted octanol–water partition coefficient (Wildman–Crippen LogP) is 1.75. The zero-order chi connectivity index (χ0) is 15.8. The molecule has 0 radical (unpaired) electrons. The molecule has 0 spiro atoms. The van der Waals surface area contributed by atoms with Gasteiger partial charge in [0.15, 0.2) is 0 Å². The Labute approximate surface area is 132 Å². The molecular formula is C16H18F2N4O. The third-order valence-corrected chi connectivity index (χ3v) is 4.68. The van der Waals surface area contributed by atoms with E-state index in [1.807, 2.05) is 4.57 Å². The lowest BCUT2D eigenvalue weighted by molar-refractivity contribution is 0.120. The molecule has 2 aromatic rings. The molecule has 0 aliphatic carbocycles. The lowest BCUT2D eigenvalue weighted by atomic mass is 10.1. The van der Waals surface area contributed by atoms with E-state index < -0.39 is 11.6 Å². The lowest BCUT2D eigenvalue weighted by Crippen LogP contribution is -2.41. The second-order valence-electron chi connectivity index (χ2n) is 6.05. The van der Waals surface area contributed by atoms with Gasteiger partial charge in [-0.05, 0) is 18.6 Å². The number of rotatable bonds is 3. The highest BCUT2D eigenvalue weighted by atomic mass is 19.1. The van der Waals surface area contributed by atoms with E-state index >= 15 is 0 Å². The number of aromatic nitrogens is 3. The molecule has 1 fully saturated rings. The topological polar surface area (TPSA) is 43.2 Å². The van der Waals surface area contributed by atoms with Gasteiger partial charge in [0.1, 0.15) is 23.3 Å². The lowest BCUT2D eigenvalue weighted by Gasteiger charge is -2.31. The van der Waals surface area contributed by atoms with Crippen LogP contribution < -0.4 is 0 Å². The van der Waals surface area contributed by atoms with Gasteiger partial charge in [-0.2, -0.15) is 0 Å². The average molecular weight is 320 g/mol. The average Bonchev–Trinajstić information content (AvgIpc) is 3.20. The molecule has 0 amide bonds. The van der Waals surface area contributed by atoms with E-state index in [-0.39, 0.29) is 12.0 Å². The van der Waals surface area contributed by atoms with Crippen molar-refractivity contribution < 1.29 is 13.5 Å². The summed E-state index contributed by atoms with van der Waals surface area (Å²) in [6.07, 6.45) is 1.17. The van der Waals surface area contributed by atoms with Crippen LogP contribution in [0.4, 0.5) is 8.78 Å². The Bertz CT molecular complexity index is 692. The van der Waals surface area contributed by atoms with Gasteiger partial charge in [-0.15, -0.1) is 10.2 Å². The molecule has 7 heteroatoms. The first kappa shape index (κ1) is 14.7. The molecule has 5 nitrogen and oxygen atoms in total. The second-order valence-corrected chi connectivity index (χ2v) is 6.05. The Hall–Kier alpha value is -1.86. The normalized spacial score (nSPS) is 21.6. The first-order valence-corrected chi connectivity index (χ1v) is 7.88. The van der Waals surface area contributed by atoms with Crippen molar-refractivity contribution in [1.29, 1.82) is 0 Å². The third-order valence-electron chi connectivity index (χ3n) is 4.68. The van der Waals surface area contributed by atoms with E-state index in [9.17, 15) is 8.78 Å². The number of hydrogen-bond donors (Lipinski definition) is 0. The van der Waals surface area contributed by atoms with Gasteiger partial charge in [0, 0.05) is 37.7 Å². The van der Waals surface area contributed by atoms with E-state index in [0.29, 0.717) is 18.4 Å². The van der Waals surface area contributed by atoms with Crippen LogP contribution in [0.1, 0.15) is 23.6 Å². The third kappa shape index (κ3) is 2.74. The summed E-state index contributed by atoms with van der Waals surface area (Å²) in [4.78, 5) is 2.35. The Kier molecular flexibility index (Phi) is 3.82. The van der Waals surface area contributed by atoms with Crippen LogP contribution >= 0.6 is 0 Å². The SMILES string of the molecule is Fc1cccc(F)c1Cc1nnc2n1CCN(C1CCOC1)C2. The van der Waals surface area contributed by atoms with Crippen LogP contribution in [0.3, 0.4) is 0 Å². The van der Waals surface area contributed by atoms with Crippen molar-refractivity contribution in [2.75, 3.05) is 19.8 Å². The minimum absolute atomic E-state index is 0.0503. The van der Waals surface area contributed by atoms with Crippen LogP contribution in [0.5, 0.6) is 0 Å².